The standard InChI is InChI=1S/C31H29N5O2/c1-19-13-20(2)29-26(14-19)27(16-28(36-29)24-5-4-11-32-18-24)31(38)35-25-8-6-23(7-9-25)30(37)33-12-10-22-15-21(3)34-17-22/h4-9,11,13-14,16-18H,10,12,15H2,1-3H3,(H,33,37)(H,35,38). The molecular formula is C31H29N5O2. The van der Waals surface area contributed by atoms with Crippen LogP contribution in [0.4, 0.5) is 5.69 Å². The highest BCUT2D eigenvalue weighted by atomic mass is 16.2. The summed E-state index contributed by atoms with van der Waals surface area (Å²) in [5, 5.41) is 6.73. The number of fused-ring (bicyclic) bond motifs is 1. The summed E-state index contributed by atoms with van der Waals surface area (Å²) in [5.74, 6) is -0.390. The number of aliphatic imine (C=N–C) groups is 1. The summed E-state index contributed by atoms with van der Waals surface area (Å²) in [6.07, 6.45) is 6.98. The number of carbonyl (C=O) groups is 2. The lowest BCUT2D eigenvalue weighted by molar-refractivity contribution is 0.0953. The van der Waals surface area contributed by atoms with Gasteiger partial charge >= 0.3 is 0 Å². The molecule has 0 unspecified atom stereocenters. The van der Waals surface area contributed by atoms with Crippen molar-refractivity contribution in [1.29, 1.82) is 0 Å². The van der Waals surface area contributed by atoms with Gasteiger partial charge < -0.3 is 10.6 Å². The number of carbonyl (C=O) groups excluding carboxylic acids is 2. The van der Waals surface area contributed by atoms with Crippen LogP contribution in [0.2, 0.25) is 0 Å². The van der Waals surface area contributed by atoms with E-state index < -0.39 is 0 Å². The Morgan fingerprint density at radius 3 is 2.50 bits per heavy atom. The number of pyridine rings is 2. The lowest BCUT2D eigenvalue weighted by Crippen LogP contribution is -2.24. The van der Waals surface area contributed by atoms with Crippen LogP contribution in [0.5, 0.6) is 0 Å². The van der Waals surface area contributed by atoms with E-state index in [9.17, 15) is 9.59 Å². The molecule has 7 nitrogen and oxygen atoms in total. The summed E-state index contributed by atoms with van der Waals surface area (Å²) in [6.45, 7) is 6.56. The van der Waals surface area contributed by atoms with Crippen molar-refractivity contribution in [3.05, 3.63) is 101 Å². The van der Waals surface area contributed by atoms with Crippen LogP contribution < -0.4 is 10.6 Å². The van der Waals surface area contributed by atoms with Crippen molar-refractivity contribution >= 4 is 34.1 Å². The molecule has 38 heavy (non-hydrogen) atoms. The van der Waals surface area contributed by atoms with Crippen molar-refractivity contribution in [3.8, 4) is 11.3 Å². The maximum Gasteiger partial charge on any atom is 0.256 e. The van der Waals surface area contributed by atoms with Gasteiger partial charge in [-0.15, -0.1) is 0 Å². The van der Waals surface area contributed by atoms with Crippen LogP contribution in [0.3, 0.4) is 0 Å². The molecule has 0 fully saturated rings. The summed E-state index contributed by atoms with van der Waals surface area (Å²) in [7, 11) is 0. The average molecular weight is 504 g/mol. The molecule has 7 heteroatoms. The molecule has 1 aliphatic heterocycles. The van der Waals surface area contributed by atoms with Gasteiger partial charge in [-0.2, -0.15) is 0 Å². The molecule has 0 bridgehead atoms. The summed E-state index contributed by atoms with van der Waals surface area (Å²) >= 11 is 0. The lowest BCUT2D eigenvalue weighted by atomic mass is 9.99. The van der Waals surface area contributed by atoms with Gasteiger partial charge in [0.15, 0.2) is 0 Å². The Hall–Kier alpha value is -4.65. The Labute approximate surface area is 221 Å². The molecule has 0 saturated heterocycles. The quantitative estimate of drug-likeness (QED) is 0.322. The molecule has 1 aliphatic rings. The Morgan fingerprint density at radius 1 is 0.974 bits per heavy atom. The zero-order chi connectivity index (χ0) is 26.6. The number of nitrogens with one attached hydrogen (secondary N) is 2. The zero-order valence-electron chi connectivity index (χ0n) is 21.7. The summed E-state index contributed by atoms with van der Waals surface area (Å²) in [6, 6.07) is 16.5. The molecule has 2 aromatic carbocycles. The van der Waals surface area contributed by atoms with E-state index in [0.717, 1.165) is 46.1 Å². The van der Waals surface area contributed by atoms with E-state index in [0.29, 0.717) is 29.1 Å². The van der Waals surface area contributed by atoms with Crippen molar-refractivity contribution in [1.82, 2.24) is 15.3 Å². The molecule has 0 saturated carbocycles. The Morgan fingerprint density at radius 2 is 1.79 bits per heavy atom. The number of benzene rings is 2. The molecule has 0 radical (unpaired) electrons. The Bertz CT molecular complexity index is 1590. The van der Waals surface area contributed by atoms with Crippen LogP contribution >= 0.6 is 0 Å². The highest BCUT2D eigenvalue weighted by Crippen LogP contribution is 2.28. The van der Waals surface area contributed by atoms with Crippen LogP contribution in [0, 0.1) is 13.8 Å². The molecular weight excluding hydrogens is 474 g/mol. The number of hydrogen-bond acceptors (Lipinski definition) is 5. The average Bonchev–Trinajstić information content (AvgIpc) is 3.33. The normalized spacial score (nSPS) is 12.7. The van der Waals surface area contributed by atoms with Crippen LogP contribution in [-0.4, -0.2) is 34.0 Å². The van der Waals surface area contributed by atoms with Crippen LogP contribution in [0.15, 0.2) is 83.8 Å². The molecule has 5 rings (SSSR count). The SMILES string of the molecule is CC1=NC=C(CCNC(=O)c2ccc(NC(=O)c3cc(-c4cccnc4)nc4c(C)cc(C)cc34)cc2)C1. The van der Waals surface area contributed by atoms with Crippen molar-refractivity contribution in [3.63, 3.8) is 0 Å². The van der Waals surface area contributed by atoms with Gasteiger partial charge in [-0.3, -0.25) is 19.6 Å². The molecule has 0 atom stereocenters. The first kappa shape index (κ1) is 25.0. The fraction of sp³-hybridized carbons (Fsp3) is 0.194. The fourth-order valence-electron chi connectivity index (χ4n) is 4.65. The number of hydrogen-bond donors (Lipinski definition) is 2. The largest absolute Gasteiger partial charge is 0.352 e. The maximum absolute atomic E-state index is 13.5. The van der Waals surface area contributed by atoms with Gasteiger partial charge in [0.05, 0.1) is 16.8 Å². The van der Waals surface area contributed by atoms with Crippen molar-refractivity contribution in [2.75, 3.05) is 11.9 Å². The van der Waals surface area contributed by atoms with E-state index >= 15 is 0 Å². The van der Waals surface area contributed by atoms with Gasteiger partial charge in [-0.1, -0.05) is 11.6 Å². The molecule has 4 aromatic rings. The first-order valence-corrected chi connectivity index (χ1v) is 12.6. The number of rotatable bonds is 7. The van der Waals surface area contributed by atoms with E-state index in [2.05, 4.69) is 26.7 Å². The van der Waals surface area contributed by atoms with Gasteiger partial charge in [0, 0.05) is 59.5 Å². The van der Waals surface area contributed by atoms with E-state index in [1.807, 2.05) is 51.2 Å². The molecule has 2 amide bonds. The smallest absolute Gasteiger partial charge is 0.256 e. The lowest BCUT2D eigenvalue weighted by Gasteiger charge is -2.13. The number of aryl methyl sites for hydroxylation is 2. The number of nitrogens with zero attached hydrogens (tertiary/aromatic N) is 3. The van der Waals surface area contributed by atoms with Gasteiger partial charge in [0.25, 0.3) is 11.8 Å². The third kappa shape index (κ3) is 5.52. The number of amides is 2. The topological polar surface area (TPSA) is 96.3 Å². The third-order valence-corrected chi connectivity index (χ3v) is 6.54. The molecule has 2 aromatic heterocycles. The Balaban J connectivity index is 1.33. The van der Waals surface area contributed by atoms with Crippen LogP contribution in [-0.2, 0) is 0 Å². The zero-order valence-corrected chi connectivity index (χ0v) is 21.7. The molecule has 190 valence electrons. The number of anilines is 1. The van der Waals surface area contributed by atoms with E-state index in [-0.39, 0.29) is 11.8 Å². The monoisotopic (exact) mass is 503 g/mol. The van der Waals surface area contributed by atoms with E-state index in [4.69, 9.17) is 4.98 Å². The Kier molecular flexibility index (Phi) is 7.09. The first-order chi connectivity index (χ1) is 18.4. The summed E-state index contributed by atoms with van der Waals surface area (Å²) in [4.78, 5) is 39.4. The first-order valence-electron chi connectivity index (χ1n) is 12.6. The third-order valence-electron chi connectivity index (χ3n) is 6.54. The minimum Gasteiger partial charge on any atom is -0.352 e. The molecule has 0 aliphatic carbocycles. The second-order valence-corrected chi connectivity index (χ2v) is 9.64. The van der Waals surface area contributed by atoms with Crippen molar-refractivity contribution in [2.24, 2.45) is 4.99 Å². The maximum atomic E-state index is 13.5. The van der Waals surface area contributed by atoms with Crippen LogP contribution in [0.1, 0.15) is 51.6 Å². The second-order valence-electron chi connectivity index (χ2n) is 9.64. The van der Waals surface area contributed by atoms with E-state index in [1.54, 1.807) is 36.7 Å². The molecule has 2 N–H and O–H groups in total. The van der Waals surface area contributed by atoms with Gasteiger partial charge in [0.2, 0.25) is 0 Å². The minimum atomic E-state index is -0.243. The fourth-order valence-corrected chi connectivity index (χ4v) is 4.65. The van der Waals surface area contributed by atoms with Gasteiger partial charge in [-0.05, 0) is 86.9 Å². The van der Waals surface area contributed by atoms with Crippen molar-refractivity contribution in [2.45, 2.75) is 33.6 Å². The minimum absolute atomic E-state index is 0.147. The second kappa shape index (κ2) is 10.8. The molecule has 3 heterocycles. The van der Waals surface area contributed by atoms with Crippen molar-refractivity contribution < 1.29 is 9.59 Å². The highest BCUT2D eigenvalue weighted by Gasteiger charge is 2.17. The van der Waals surface area contributed by atoms with Gasteiger partial charge in [-0.25, -0.2) is 4.98 Å². The van der Waals surface area contributed by atoms with Crippen LogP contribution in [0.25, 0.3) is 22.2 Å². The number of aromatic nitrogens is 2. The summed E-state index contributed by atoms with van der Waals surface area (Å²) < 4.78 is 0. The predicted molar refractivity (Wildman–Crippen MR) is 152 cm³/mol. The molecule has 0 spiro atoms. The highest BCUT2D eigenvalue weighted by molar-refractivity contribution is 6.13. The summed E-state index contributed by atoms with van der Waals surface area (Å²) in [5.41, 5.74) is 8.36. The van der Waals surface area contributed by atoms with Gasteiger partial charge in [0.1, 0.15) is 0 Å². The predicted octanol–water partition coefficient (Wildman–Crippen LogP) is 6.03. The van der Waals surface area contributed by atoms with E-state index in [1.165, 1.54) is 5.57 Å².